The highest BCUT2D eigenvalue weighted by molar-refractivity contribution is 7.22. The molecule has 1 aromatic carbocycles. The van der Waals surface area contributed by atoms with Gasteiger partial charge in [-0.2, -0.15) is 5.10 Å². The second-order valence-corrected chi connectivity index (χ2v) is 6.56. The van der Waals surface area contributed by atoms with Gasteiger partial charge in [-0.05, 0) is 50.3 Å². The van der Waals surface area contributed by atoms with Gasteiger partial charge < -0.3 is 0 Å². The van der Waals surface area contributed by atoms with E-state index in [1.165, 1.54) is 15.8 Å². The molecule has 1 aliphatic rings. The van der Waals surface area contributed by atoms with Crippen molar-refractivity contribution in [3.63, 3.8) is 0 Å². The first-order chi connectivity index (χ1) is 10.1. The van der Waals surface area contributed by atoms with Gasteiger partial charge in [-0.3, -0.25) is 5.43 Å². The van der Waals surface area contributed by atoms with Crippen LogP contribution in [0.4, 0.5) is 5.13 Å². The normalized spacial score (nSPS) is 20.6. The molecule has 1 N–H and O–H groups in total. The number of hydrogen-bond donors (Lipinski definition) is 1. The van der Waals surface area contributed by atoms with E-state index in [2.05, 4.69) is 48.1 Å². The van der Waals surface area contributed by atoms with Gasteiger partial charge >= 0.3 is 0 Å². The van der Waals surface area contributed by atoms with Gasteiger partial charge in [0, 0.05) is 0 Å². The third-order valence-corrected chi connectivity index (χ3v) is 4.82. The zero-order valence-corrected chi connectivity index (χ0v) is 13.2. The number of aromatic nitrogens is 1. The molecule has 0 saturated carbocycles. The molecule has 1 aromatic heterocycles. The number of allylic oxidation sites excluding steroid dienone is 3. The van der Waals surface area contributed by atoms with E-state index in [0.717, 1.165) is 29.2 Å². The van der Waals surface area contributed by atoms with Crippen molar-refractivity contribution in [1.82, 2.24) is 4.98 Å². The van der Waals surface area contributed by atoms with E-state index in [1.54, 1.807) is 11.3 Å². The van der Waals surface area contributed by atoms with Crippen molar-refractivity contribution < 1.29 is 0 Å². The summed E-state index contributed by atoms with van der Waals surface area (Å²) in [4.78, 5) is 4.54. The minimum atomic E-state index is 0.504. The van der Waals surface area contributed by atoms with Gasteiger partial charge in [-0.25, -0.2) is 4.98 Å². The van der Waals surface area contributed by atoms with Crippen LogP contribution in [0, 0.1) is 5.92 Å². The maximum Gasteiger partial charge on any atom is 0.204 e. The minimum absolute atomic E-state index is 0.504. The average molecular weight is 297 g/mol. The van der Waals surface area contributed by atoms with Gasteiger partial charge in [0.1, 0.15) is 0 Å². The molecular formula is C17H19N3S. The molecular weight excluding hydrogens is 278 g/mol. The quantitative estimate of drug-likeness (QED) is 0.639. The number of thiazole rings is 1. The molecule has 1 aliphatic carbocycles. The molecule has 4 heteroatoms. The molecule has 21 heavy (non-hydrogen) atoms. The lowest BCUT2D eigenvalue weighted by molar-refractivity contribution is 0.639. The molecule has 0 spiro atoms. The van der Waals surface area contributed by atoms with Gasteiger partial charge in [0.25, 0.3) is 0 Å². The second kappa shape index (κ2) is 5.82. The smallest absolute Gasteiger partial charge is 0.204 e. The SMILES string of the molecule is C=C(C)[C@@H]1CC=C(C)/C(=N\Nc2nc3ccccc3s2)C1. The number of nitrogens with zero attached hydrogens (tertiary/aromatic N) is 2. The molecule has 0 radical (unpaired) electrons. The lowest BCUT2D eigenvalue weighted by Crippen LogP contribution is -2.16. The van der Waals surface area contributed by atoms with Crippen molar-refractivity contribution in [2.45, 2.75) is 26.7 Å². The van der Waals surface area contributed by atoms with Crippen LogP contribution in [0.2, 0.25) is 0 Å². The Morgan fingerprint density at radius 3 is 3.00 bits per heavy atom. The molecule has 0 saturated heterocycles. The molecule has 0 fully saturated rings. The second-order valence-electron chi connectivity index (χ2n) is 5.53. The summed E-state index contributed by atoms with van der Waals surface area (Å²) < 4.78 is 1.18. The molecule has 108 valence electrons. The number of fused-ring (bicyclic) bond motifs is 1. The van der Waals surface area contributed by atoms with E-state index in [9.17, 15) is 0 Å². The Hall–Kier alpha value is -1.94. The largest absolute Gasteiger partial charge is 0.252 e. The van der Waals surface area contributed by atoms with Crippen molar-refractivity contribution in [3.8, 4) is 0 Å². The van der Waals surface area contributed by atoms with Crippen LogP contribution >= 0.6 is 11.3 Å². The number of para-hydroxylation sites is 1. The number of benzene rings is 1. The Bertz CT molecular complexity index is 706. The van der Waals surface area contributed by atoms with Crippen molar-refractivity contribution >= 4 is 32.4 Å². The number of rotatable bonds is 3. The highest BCUT2D eigenvalue weighted by Crippen LogP contribution is 2.28. The summed E-state index contributed by atoms with van der Waals surface area (Å²) in [7, 11) is 0. The van der Waals surface area contributed by atoms with Crippen molar-refractivity contribution in [3.05, 3.63) is 48.1 Å². The fourth-order valence-electron chi connectivity index (χ4n) is 2.46. The van der Waals surface area contributed by atoms with E-state index in [4.69, 9.17) is 0 Å². The Labute approximate surface area is 129 Å². The van der Waals surface area contributed by atoms with Gasteiger partial charge in [-0.15, -0.1) is 0 Å². The Balaban J connectivity index is 1.79. The predicted molar refractivity (Wildman–Crippen MR) is 92.0 cm³/mol. The third kappa shape index (κ3) is 3.05. The summed E-state index contributed by atoms with van der Waals surface area (Å²) in [5.74, 6) is 0.504. The Kier molecular flexibility index (Phi) is 3.88. The van der Waals surface area contributed by atoms with Gasteiger partial charge in [-0.1, -0.05) is 41.7 Å². The van der Waals surface area contributed by atoms with Crippen LogP contribution in [-0.4, -0.2) is 10.7 Å². The van der Waals surface area contributed by atoms with Crippen LogP contribution in [0.3, 0.4) is 0 Å². The van der Waals surface area contributed by atoms with E-state index in [1.807, 2.05) is 18.2 Å². The summed E-state index contributed by atoms with van der Waals surface area (Å²) in [5, 5.41) is 5.41. The maximum absolute atomic E-state index is 4.57. The third-order valence-electron chi connectivity index (χ3n) is 3.88. The molecule has 2 aromatic rings. The van der Waals surface area contributed by atoms with Crippen LogP contribution in [0.15, 0.2) is 53.2 Å². The Morgan fingerprint density at radius 2 is 2.24 bits per heavy atom. The first-order valence-corrected chi connectivity index (χ1v) is 7.96. The predicted octanol–water partition coefficient (Wildman–Crippen LogP) is 5.00. The highest BCUT2D eigenvalue weighted by atomic mass is 32.1. The van der Waals surface area contributed by atoms with Crippen molar-refractivity contribution in [1.29, 1.82) is 0 Å². The number of hydrazone groups is 1. The minimum Gasteiger partial charge on any atom is -0.252 e. The summed E-state index contributed by atoms with van der Waals surface area (Å²) in [5.41, 5.74) is 7.72. The van der Waals surface area contributed by atoms with E-state index in [0.29, 0.717) is 5.92 Å². The molecule has 1 atom stereocenters. The summed E-state index contributed by atoms with van der Waals surface area (Å²) >= 11 is 1.63. The molecule has 3 rings (SSSR count). The number of hydrogen-bond acceptors (Lipinski definition) is 4. The lowest BCUT2D eigenvalue weighted by atomic mass is 9.85. The zero-order chi connectivity index (χ0) is 14.8. The zero-order valence-electron chi connectivity index (χ0n) is 12.4. The first kappa shape index (κ1) is 14.0. The molecule has 0 amide bonds. The molecule has 3 nitrogen and oxygen atoms in total. The maximum atomic E-state index is 4.57. The van der Waals surface area contributed by atoms with Crippen LogP contribution in [-0.2, 0) is 0 Å². The standard InChI is InChI=1S/C17H19N3S/c1-11(2)13-9-8-12(3)15(10-13)19-20-17-18-14-6-4-5-7-16(14)21-17/h4-8,13H,1,9-10H2,2-3H3,(H,18,20)/b19-15-/t13-/m1/s1. The van der Waals surface area contributed by atoms with Crippen LogP contribution in [0.1, 0.15) is 26.7 Å². The highest BCUT2D eigenvalue weighted by Gasteiger charge is 2.18. The van der Waals surface area contributed by atoms with Crippen LogP contribution < -0.4 is 5.43 Å². The van der Waals surface area contributed by atoms with Gasteiger partial charge in [0.05, 0.1) is 15.9 Å². The topological polar surface area (TPSA) is 37.3 Å². The Morgan fingerprint density at radius 1 is 1.43 bits per heavy atom. The van der Waals surface area contributed by atoms with E-state index < -0.39 is 0 Å². The number of nitrogens with one attached hydrogen (secondary N) is 1. The fourth-order valence-corrected chi connectivity index (χ4v) is 3.27. The van der Waals surface area contributed by atoms with Gasteiger partial charge in [0.2, 0.25) is 5.13 Å². The van der Waals surface area contributed by atoms with E-state index >= 15 is 0 Å². The molecule has 0 aliphatic heterocycles. The summed E-state index contributed by atoms with van der Waals surface area (Å²) in [6.07, 6.45) is 4.28. The molecule has 1 heterocycles. The average Bonchev–Trinajstić information content (AvgIpc) is 2.89. The summed E-state index contributed by atoms with van der Waals surface area (Å²) in [6, 6.07) is 8.13. The molecule has 0 unspecified atom stereocenters. The van der Waals surface area contributed by atoms with Crippen LogP contribution in [0.5, 0.6) is 0 Å². The summed E-state index contributed by atoms with van der Waals surface area (Å²) in [6.45, 7) is 8.28. The number of anilines is 1. The fraction of sp³-hybridized carbons (Fsp3) is 0.294. The van der Waals surface area contributed by atoms with Crippen molar-refractivity contribution in [2.24, 2.45) is 11.0 Å². The van der Waals surface area contributed by atoms with Crippen molar-refractivity contribution in [2.75, 3.05) is 5.43 Å². The molecule has 0 bridgehead atoms. The van der Waals surface area contributed by atoms with Gasteiger partial charge in [0.15, 0.2) is 0 Å². The first-order valence-electron chi connectivity index (χ1n) is 7.14. The van der Waals surface area contributed by atoms with E-state index in [-0.39, 0.29) is 0 Å². The lowest BCUT2D eigenvalue weighted by Gasteiger charge is -2.22. The van der Waals surface area contributed by atoms with Crippen LogP contribution in [0.25, 0.3) is 10.2 Å². The monoisotopic (exact) mass is 297 g/mol.